The van der Waals surface area contributed by atoms with E-state index in [1.807, 2.05) is 0 Å². The van der Waals surface area contributed by atoms with Gasteiger partial charge in [0.1, 0.15) is 18.3 Å². The van der Waals surface area contributed by atoms with Crippen LogP contribution in [-0.2, 0) is 14.4 Å². The number of aliphatic hydroxyl groups excluding tert-OH is 3. The molecule has 0 aromatic carbocycles. The minimum atomic E-state index is -1.69. The highest BCUT2D eigenvalue weighted by Crippen LogP contribution is 2.25. The summed E-state index contributed by atoms with van der Waals surface area (Å²) in [5.74, 6) is -1.42. The van der Waals surface area contributed by atoms with Gasteiger partial charge >= 0.3 is 5.97 Å². The van der Waals surface area contributed by atoms with Crippen molar-refractivity contribution < 1.29 is 34.8 Å². The highest BCUT2D eigenvalue weighted by Gasteiger charge is 2.49. The van der Waals surface area contributed by atoms with Crippen molar-refractivity contribution in [2.75, 3.05) is 7.11 Å². The first-order valence-electron chi connectivity index (χ1n) is 5.56. The van der Waals surface area contributed by atoms with Gasteiger partial charge in [-0.25, -0.2) is 4.79 Å². The molecular formula is C10H19NO7. The molecule has 8 heteroatoms. The number of rotatable bonds is 4. The van der Waals surface area contributed by atoms with E-state index in [1.54, 1.807) is 13.8 Å². The fraction of sp³-hybridized carbons (Fsp3) is 0.900. The Bertz CT molecular complexity index is 298. The molecule has 1 aliphatic heterocycles. The smallest absolute Gasteiger partial charge is 0.335 e. The number of aliphatic carboxylic acids is 1. The van der Waals surface area contributed by atoms with E-state index in [2.05, 4.69) is 0 Å². The standard InChI is InChI=1S/C10H19NO7/c1-4(2)11(17-3)9-7(14)5(12)6(13)8(18-9)10(15)16/h4-9,12-14H,1-3H3,(H,15,16)/t5-,6+,7?,8?,9?/m0/s1. The number of hydroxylamine groups is 2. The minimum absolute atomic E-state index is 0.216. The maximum atomic E-state index is 10.9. The molecule has 1 aliphatic rings. The summed E-state index contributed by atoms with van der Waals surface area (Å²) in [6.45, 7) is 3.49. The molecule has 0 amide bonds. The van der Waals surface area contributed by atoms with Gasteiger partial charge in [0.15, 0.2) is 12.3 Å². The SMILES string of the molecule is CON(C(C)C)C1OC(C(=O)O)[C@H](O)[C@H](O)C1O. The number of hydrogen-bond acceptors (Lipinski definition) is 7. The topological polar surface area (TPSA) is 120 Å². The Morgan fingerprint density at radius 2 is 1.78 bits per heavy atom. The van der Waals surface area contributed by atoms with Crippen LogP contribution in [0.25, 0.3) is 0 Å². The molecule has 0 aromatic rings. The van der Waals surface area contributed by atoms with Crippen molar-refractivity contribution in [1.82, 2.24) is 5.06 Å². The zero-order valence-electron chi connectivity index (χ0n) is 10.4. The molecule has 0 bridgehead atoms. The first kappa shape index (κ1) is 15.3. The van der Waals surface area contributed by atoms with Gasteiger partial charge in [0.25, 0.3) is 0 Å². The van der Waals surface area contributed by atoms with Crippen LogP contribution in [0.1, 0.15) is 13.8 Å². The van der Waals surface area contributed by atoms with Crippen LogP contribution in [0.3, 0.4) is 0 Å². The first-order chi connectivity index (χ1) is 8.31. The lowest BCUT2D eigenvalue weighted by Crippen LogP contribution is -2.64. The molecule has 18 heavy (non-hydrogen) atoms. The normalized spacial score (nSPS) is 37.2. The molecule has 0 aliphatic carbocycles. The summed E-state index contributed by atoms with van der Waals surface area (Å²) in [4.78, 5) is 15.9. The van der Waals surface area contributed by atoms with Crippen molar-refractivity contribution >= 4 is 5.97 Å². The van der Waals surface area contributed by atoms with Gasteiger partial charge in [0.2, 0.25) is 0 Å². The van der Waals surface area contributed by atoms with Crippen molar-refractivity contribution in [3.63, 3.8) is 0 Å². The van der Waals surface area contributed by atoms with Gasteiger partial charge in [-0.15, -0.1) is 0 Å². The van der Waals surface area contributed by atoms with Crippen LogP contribution in [0, 0.1) is 0 Å². The Kier molecular flexibility index (Phi) is 5.02. The lowest BCUT2D eigenvalue weighted by molar-refractivity contribution is -0.330. The van der Waals surface area contributed by atoms with Gasteiger partial charge in [0, 0.05) is 6.04 Å². The van der Waals surface area contributed by atoms with E-state index < -0.39 is 36.6 Å². The number of aliphatic hydroxyl groups is 3. The first-order valence-corrected chi connectivity index (χ1v) is 5.56. The van der Waals surface area contributed by atoms with Gasteiger partial charge in [0.05, 0.1) is 7.11 Å². The van der Waals surface area contributed by atoms with Crippen molar-refractivity contribution in [2.24, 2.45) is 0 Å². The molecule has 1 saturated heterocycles. The zero-order valence-corrected chi connectivity index (χ0v) is 10.4. The largest absolute Gasteiger partial charge is 0.479 e. The van der Waals surface area contributed by atoms with E-state index >= 15 is 0 Å². The van der Waals surface area contributed by atoms with E-state index in [4.69, 9.17) is 14.7 Å². The number of carboxylic acid groups (broad SMARTS) is 1. The van der Waals surface area contributed by atoms with Crippen molar-refractivity contribution in [3.05, 3.63) is 0 Å². The lowest BCUT2D eigenvalue weighted by atomic mass is 9.97. The lowest BCUT2D eigenvalue weighted by Gasteiger charge is -2.43. The number of carbonyl (C=O) groups is 1. The molecule has 5 atom stereocenters. The predicted molar refractivity (Wildman–Crippen MR) is 58.3 cm³/mol. The average molecular weight is 265 g/mol. The van der Waals surface area contributed by atoms with E-state index in [0.717, 1.165) is 0 Å². The number of ether oxygens (including phenoxy) is 1. The third-order valence-corrected chi connectivity index (χ3v) is 2.80. The van der Waals surface area contributed by atoms with Gasteiger partial charge in [-0.3, -0.25) is 4.84 Å². The maximum absolute atomic E-state index is 10.9. The zero-order chi connectivity index (χ0) is 14.0. The molecule has 0 radical (unpaired) electrons. The molecule has 3 unspecified atom stereocenters. The van der Waals surface area contributed by atoms with Crippen LogP contribution in [0.5, 0.6) is 0 Å². The Labute approximate surface area is 104 Å². The van der Waals surface area contributed by atoms with E-state index in [1.165, 1.54) is 12.2 Å². The molecule has 106 valence electrons. The maximum Gasteiger partial charge on any atom is 0.335 e. The quantitative estimate of drug-likeness (QED) is 0.437. The molecule has 0 saturated carbocycles. The summed E-state index contributed by atoms with van der Waals surface area (Å²) >= 11 is 0. The molecular weight excluding hydrogens is 246 g/mol. The Morgan fingerprint density at radius 1 is 1.22 bits per heavy atom. The van der Waals surface area contributed by atoms with Gasteiger partial charge < -0.3 is 25.2 Å². The molecule has 1 rings (SSSR count). The number of carboxylic acids is 1. The highest BCUT2D eigenvalue weighted by molar-refractivity contribution is 5.73. The summed E-state index contributed by atoms with van der Waals surface area (Å²) in [5.41, 5.74) is 0. The molecule has 4 N–H and O–H groups in total. The van der Waals surface area contributed by atoms with Crippen LogP contribution in [0.15, 0.2) is 0 Å². The van der Waals surface area contributed by atoms with Crippen LogP contribution in [0.2, 0.25) is 0 Å². The second kappa shape index (κ2) is 5.91. The van der Waals surface area contributed by atoms with E-state index in [0.29, 0.717) is 0 Å². The fourth-order valence-electron chi connectivity index (χ4n) is 1.88. The van der Waals surface area contributed by atoms with Crippen molar-refractivity contribution in [3.8, 4) is 0 Å². The van der Waals surface area contributed by atoms with Crippen molar-refractivity contribution in [1.29, 1.82) is 0 Å². The fourth-order valence-corrected chi connectivity index (χ4v) is 1.88. The summed E-state index contributed by atoms with van der Waals surface area (Å²) < 4.78 is 5.10. The predicted octanol–water partition coefficient (Wildman–Crippen LogP) is -1.85. The summed E-state index contributed by atoms with van der Waals surface area (Å²) in [6.07, 6.45) is -7.59. The van der Waals surface area contributed by atoms with Crippen LogP contribution in [-0.4, -0.2) is 75.3 Å². The second-order valence-corrected chi connectivity index (χ2v) is 4.39. The van der Waals surface area contributed by atoms with Gasteiger partial charge in [-0.2, -0.15) is 5.06 Å². The van der Waals surface area contributed by atoms with Gasteiger partial charge in [-0.05, 0) is 13.8 Å². The molecule has 1 fully saturated rings. The monoisotopic (exact) mass is 265 g/mol. The number of nitrogens with zero attached hydrogens (tertiary/aromatic N) is 1. The summed E-state index contributed by atoms with van der Waals surface area (Å²) in [5, 5.41) is 39.1. The summed E-state index contributed by atoms with van der Waals surface area (Å²) in [6, 6.07) is -0.216. The van der Waals surface area contributed by atoms with Gasteiger partial charge in [-0.1, -0.05) is 0 Å². The second-order valence-electron chi connectivity index (χ2n) is 4.39. The molecule has 0 spiro atoms. The third-order valence-electron chi connectivity index (χ3n) is 2.80. The Hall–Kier alpha value is -0.770. The van der Waals surface area contributed by atoms with Crippen LogP contribution in [0.4, 0.5) is 0 Å². The Balaban J connectivity index is 2.94. The number of hydrogen-bond donors (Lipinski definition) is 4. The highest BCUT2D eigenvalue weighted by atomic mass is 16.7. The average Bonchev–Trinajstić information content (AvgIpc) is 2.29. The van der Waals surface area contributed by atoms with Crippen molar-refractivity contribution in [2.45, 2.75) is 50.5 Å². The summed E-state index contributed by atoms with van der Waals surface area (Å²) in [7, 11) is 1.34. The van der Waals surface area contributed by atoms with Crippen LogP contribution < -0.4 is 0 Å². The van der Waals surface area contributed by atoms with E-state index in [9.17, 15) is 20.1 Å². The minimum Gasteiger partial charge on any atom is -0.479 e. The molecule has 0 aromatic heterocycles. The molecule has 1 heterocycles. The van der Waals surface area contributed by atoms with Crippen LogP contribution >= 0.6 is 0 Å². The third kappa shape index (κ3) is 2.79. The molecule has 8 nitrogen and oxygen atoms in total. The van der Waals surface area contributed by atoms with E-state index in [-0.39, 0.29) is 6.04 Å². The Morgan fingerprint density at radius 3 is 2.17 bits per heavy atom.